The van der Waals surface area contributed by atoms with Crippen LogP contribution < -0.4 is 0 Å². The summed E-state index contributed by atoms with van der Waals surface area (Å²) < 4.78 is 4.53. The number of hydrogen-bond acceptors (Lipinski definition) is 4. The van der Waals surface area contributed by atoms with E-state index in [4.69, 9.17) is 11.6 Å². The number of methoxy groups -OCH3 is 1. The Morgan fingerprint density at radius 3 is 2.81 bits per heavy atom. The average molecular weight is 261 g/mol. The number of halogens is 1. The van der Waals surface area contributed by atoms with Crippen LogP contribution in [0.2, 0.25) is 5.02 Å². The molecule has 1 N–H and O–H groups in total. The van der Waals surface area contributed by atoms with Gasteiger partial charge in [-0.05, 0) is 24.6 Å². The van der Waals surface area contributed by atoms with Gasteiger partial charge in [0.1, 0.15) is 0 Å². The number of rotatable bonds is 4. The van der Waals surface area contributed by atoms with Gasteiger partial charge >= 0.3 is 5.97 Å². The summed E-state index contributed by atoms with van der Waals surface area (Å²) in [4.78, 5) is 11.7. The molecule has 0 saturated heterocycles. The molecule has 5 heteroatoms. The van der Waals surface area contributed by atoms with Crippen molar-refractivity contribution in [2.45, 2.75) is 17.9 Å². The first-order chi connectivity index (χ1) is 7.54. The summed E-state index contributed by atoms with van der Waals surface area (Å²) in [5, 5.41) is 9.89. The molecule has 0 aromatic heterocycles. The van der Waals surface area contributed by atoms with Crippen molar-refractivity contribution in [2.24, 2.45) is 0 Å². The molecule has 0 spiro atoms. The molecule has 0 aliphatic heterocycles. The van der Waals surface area contributed by atoms with Crippen molar-refractivity contribution in [2.75, 3.05) is 12.9 Å². The van der Waals surface area contributed by atoms with Gasteiger partial charge in [0.2, 0.25) is 0 Å². The lowest BCUT2D eigenvalue weighted by atomic mass is 10.1. The van der Waals surface area contributed by atoms with Crippen LogP contribution in [0.25, 0.3) is 0 Å². The fourth-order valence-electron chi connectivity index (χ4n) is 1.09. The van der Waals surface area contributed by atoms with Crippen molar-refractivity contribution < 1.29 is 14.6 Å². The minimum Gasteiger partial charge on any atom is -0.468 e. The summed E-state index contributed by atoms with van der Waals surface area (Å²) in [6, 6.07) is 5.28. The van der Waals surface area contributed by atoms with Crippen molar-refractivity contribution in [1.29, 1.82) is 0 Å². The Labute approximate surface area is 104 Å². The fraction of sp³-hybridized carbons (Fsp3) is 0.364. The number of aliphatic hydroxyl groups excluding tert-OH is 1. The van der Waals surface area contributed by atoms with Crippen LogP contribution in [-0.4, -0.2) is 23.9 Å². The number of ether oxygens (including phenoxy) is 1. The zero-order valence-electron chi connectivity index (χ0n) is 9.07. The monoisotopic (exact) mass is 260 g/mol. The molecule has 1 atom stereocenters. The highest BCUT2D eigenvalue weighted by atomic mass is 35.5. The highest BCUT2D eigenvalue weighted by molar-refractivity contribution is 8.00. The Morgan fingerprint density at radius 1 is 1.62 bits per heavy atom. The van der Waals surface area contributed by atoms with Gasteiger partial charge in [-0.25, -0.2) is 0 Å². The molecule has 0 radical (unpaired) electrons. The first-order valence-corrected chi connectivity index (χ1v) is 6.08. The van der Waals surface area contributed by atoms with Crippen LogP contribution in [0.3, 0.4) is 0 Å². The Bertz CT molecular complexity index is 379. The van der Waals surface area contributed by atoms with Crippen LogP contribution in [0, 0.1) is 0 Å². The molecule has 1 aromatic carbocycles. The van der Waals surface area contributed by atoms with E-state index in [1.165, 1.54) is 18.9 Å². The van der Waals surface area contributed by atoms with Crippen LogP contribution in [0.5, 0.6) is 0 Å². The van der Waals surface area contributed by atoms with Crippen LogP contribution in [-0.2, 0) is 9.53 Å². The van der Waals surface area contributed by atoms with Crippen LogP contribution in [0.15, 0.2) is 23.1 Å². The summed E-state index contributed by atoms with van der Waals surface area (Å²) in [6.07, 6.45) is -0.544. The lowest BCUT2D eigenvalue weighted by Crippen LogP contribution is -2.03. The first kappa shape index (κ1) is 13.4. The number of carbonyl (C=O) groups excluding carboxylic acids is 1. The van der Waals surface area contributed by atoms with E-state index in [2.05, 4.69) is 4.74 Å². The van der Waals surface area contributed by atoms with Gasteiger partial charge in [0.25, 0.3) is 0 Å². The second-order valence-corrected chi connectivity index (χ2v) is 4.66. The SMILES string of the molecule is COC(=O)CSc1ccc(C(C)O)cc1Cl. The van der Waals surface area contributed by atoms with Gasteiger partial charge in [0.15, 0.2) is 0 Å². The van der Waals surface area contributed by atoms with Crippen molar-refractivity contribution >= 4 is 29.3 Å². The molecule has 0 saturated carbocycles. The third-order valence-corrected chi connectivity index (χ3v) is 3.48. The molecule has 88 valence electrons. The normalized spacial score (nSPS) is 12.2. The fourth-order valence-corrected chi connectivity index (χ4v) is 2.19. The number of hydrogen-bond donors (Lipinski definition) is 1. The maximum Gasteiger partial charge on any atom is 0.315 e. The van der Waals surface area contributed by atoms with Gasteiger partial charge in [-0.3, -0.25) is 4.79 Å². The molecule has 0 bridgehead atoms. The quantitative estimate of drug-likeness (QED) is 0.668. The lowest BCUT2D eigenvalue weighted by Gasteiger charge is -2.08. The Hall–Kier alpha value is -0.710. The van der Waals surface area contributed by atoms with Crippen LogP contribution in [0.4, 0.5) is 0 Å². The predicted octanol–water partition coefficient (Wildman–Crippen LogP) is 2.66. The van der Waals surface area contributed by atoms with E-state index < -0.39 is 6.10 Å². The van der Waals surface area contributed by atoms with E-state index in [0.717, 1.165) is 10.5 Å². The first-order valence-electron chi connectivity index (χ1n) is 4.71. The third-order valence-electron chi connectivity index (χ3n) is 2.01. The van der Waals surface area contributed by atoms with E-state index >= 15 is 0 Å². The third kappa shape index (κ3) is 3.70. The van der Waals surface area contributed by atoms with Crippen molar-refractivity contribution in [1.82, 2.24) is 0 Å². The molecular weight excluding hydrogens is 248 g/mol. The average Bonchev–Trinajstić information content (AvgIpc) is 2.26. The number of aliphatic hydroxyl groups is 1. The summed E-state index contributed by atoms with van der Waals surface area (Å²) in [7, 11) is 1.35. The van der Waals surface area contributed by atoms with Gasteiger partial charge in [-0.1, -0.05) is 17.7 Å². The Morgan fingerprint density at radius 2 is 2.31 bits per heavy atom. The number of thioether (sulfide) groups is 1. The van der Waals surface area contributed by atoms with E-state index in [1.807, 2.05) is 0 Å². The van der Waals surface area contributed by atoms with Crippen molar-refractivity contribution in [3.63, 3.8) is 0 Å². The number of esters is 1. The van der Waals surface area contributed by atoms with Crippen LogP contribution >= 0.6 is 23.4 Å². The zero-order valence-corrected chi connectivity index (χ0v) is 10.6. The largest absolute Gasteiger partial charge is 0.468 e. The van der Waals surface area contributed by atoms with E-state index in [9.17, 15) is 9.90 Å². The minimum absolute atomic E-state index is 0.226. The van der Waals surface area contributed by atoms with Crippen molar-refractivity contribution in [3.8, 4) is 0 Å². The van der Waals surface area contributed by atoms with Crippen molar-refractivity contribution in [3.05, 3.63) is 28.8 Å². The van der Waals surface area contributed by atoms with Gasteiger partial charge in [-0.2, -0.15) is 0 Å². The molecule has 0 heterocycles. The zero-order chi connectivity index (χ0) is 12.1. The minimum atomic E-state index is -0.544. The maximum atomic E-state index is 10.9. The number of carbonyl (C=O) groups is 1. The summed E-state index contributed by atoms with van der Waals surface area (Å²) >= 11 is 7.33. The molecule has 16 heavy (non-hydrogen) atoms. The second kappa shape index (κ2) is 6.13. The molecule has 1 unspecified atom stereocenters. The summed E-state index contributed by atoms with van der Waals surface area (Å²) in [5.41, 5.74) is 0.757. The molecule has 0 aliphatic rings. The van der Waals surface area contributed by atoms with E-state index in [1.54, 1.807) is 25.1 Å². The number of benzene rings is 1. The highest BCUT2D eigenvalue weighted by Crippen LogP contribution is 2.29. The van der Waals surface area contributed by atoms with E-state index in [-0.39, 0.29) is 11.7 Å². The van der Waals surface area contributed by atoms with Gasteiger partial charge in [0.05, 0.1) is 24.0 Å². The highest BCUT2D eigenvalue weighted by Gasteiger charge is 2.08. The van der Waals surface area contributed by atoms with E-state index in [0.29, 0.717) is 5.02 Å². The molecule has 3 nitrogen and oxygen atoms in total. The van der Waals surface area contributed by atoms with Gasteiger partial charge in [0, 0.05) is 4.90 Å². The second-order valence-electron chi connectivity index (χ2n) is 3.23. The topological polar surface area (TPSA) is 46.5 Å². The molecule has 1 rings (SSSR count). The predicted molar refractivity (Wildman–Crippen MR) is 64.8 cm³/mol. The maximum absolute atomic E-state index is 10.9. The summed E-state index contributed by atoms with van der Waals surface area (Å²) in [5.74, 6) is -0.0646. The smallest absolute Gasteiger partial charge is 0.315 e. The van der Waals surface area contributed by atoms with Gasteiger partial charge in [-0.15, -0.1) is 11.8 Å². The standard InChI is InChI=1S/C11H13ClO3S/c1-7(13)8-3-4-10(9(12)5-8)16-6-11(14)15-2/h3-5,7,13H,6H2,1-2H3. The molecule has 0 fully saturated rings. The van der Waals surface area contributed by atoms with Gasteiger partial charge < -0.3 is 9.84 Å². The lowest BCUT2D eigenvalue weighted by molar-refractivity contribution is -0.137. The summed E-state index contributed by atoms with van der Waals surface area (Å²) in [6.45, 7) is 1.67. The Kier molecular flexibility index (Phi) is 5.12. The molecular formula is C11H13ClO3S. The molecule has 1 aromatic rings. The molecule has 0 amide bonds. The molecule has 0 aliphatic carbocycles. The van der Waals surface area contributed by atoms with Crippen LogP contribution in [0.1, 0.15) is 18.6 Å². The Balaban J connectivity index is 2.72.